The van der Waals surface area contributed by atoms with E-state index in [1.165, 1.54) is 12.5 Å². The second-order valence-corrected chi connectivity index (χ2v) is 5.67. The van der Waals surface area contributed by atoms with Crippen LogP contribution in [0, 0.1) is 16.0 Å². The Morgan fingerprint density at radius 3 is 2.58 bits per heavy atom. The summed E-state index contributed by atoms with van der Waals surface area (Å²) in [5, 5.41) is 14.4. The highest BCUT2D eigenvalue weighted by Gasteiger charge is 2.19. The average Bonchev–Trinajstić information content (AvgIpc) is 2.27. The molecule has 0 fully saturated rings. The molecule has 5 heteroatoms. The number of nitrogens with one attached hydrogen (secondary N) is 1. The molecule has 1 aromatic rings. The van der Waals surface area contributed by atoms with Crippen molar-refractivity contribution in [2.45, 2.75) is 46.1 Å². The van der Waals surface area contributed by atoms with Crippen LogP contribution in [0.15, 0.2) is 18.2 Å². The van der Waals surface area contributed by atoms with Gasteiger partial charge in [0.15, 0.2) is 0 Å². The highest BCUT2D eigenvalue weighted by atomic mass is 35.5. The quantitative estimate of drug-likeness (QED) is 0.574. The monoisotopic (exact) mass is 284 g/mol. The molecule has 0 radical (unpaired) electrons. The molecule has 1 N–H and O–H groups in total. The van der Waals surface area contributed by atoms with Crippen LogP contribution >= 0.6 is 11.6 Å². The Kier molecular flexibility index (Phi) is 6.09. The van der Waals surface area contributed by atoms with Gasteiger partial charge in [-0.2, -0.15) is 0 Å². The standard InChI is InChI=1S/C14H21ClN2O2/c1-10(2)6-4-7-11(3)16-13-9-5-8-12(15)14(13)17(18)19/h5,8-11,16H,4,6-7H2,1-3H3. The Morgan fingerprint density at radius 1 is 1.32 bits per heavy atom. The van der Waals surface area contributed by atoms with Crippen LogP contribution in [-0.4, -0.2) is 11.0 Å². The smallest absolute Gasteiger partial charge is 0.310 e. The van der Waals surface area contributed by atoms with E-state index in [-0.39, 0.29) is 16.8 Å². The molecule has 0 saturated heterocycles. The first kappa shape index (κ1) is 15.8. The molecule has 0 aliphatic carbocycles. The maximum Gasteiger partial charge on any atom is 0.310 e. The lowest BCUT2D eigenvalue weighted by Gasteiger charge is -2.16. The summed E-state index contributed by atoms with van der Waals surface area (Å²) in [4.78, 5) is 10.6. The summed E-state index contributed by atoms with van der Waals surface area (Å²) in [5.74, 6) is 0.688. The van der Waals surface area contributed by atoms with E-state index in [4.69, 9.17) is 11.6 Å². The van der Waals surface area contributed by atoms with Crippen molar-refractivity contribution in [2.24, 2.45) is 5.92 Å². The van der Waals surface area contributed by atoms with Crippen molar-refractivity contribution in [1.29, 1.82) is 0 Å². The van der Waals surface area contributed by atoms with E-state index in [1.807, 2.05) is 6.92 Å². The van der Waals surface area contributed by atoms with Crippen LogP contribution < -0.4 is 5.32 Å². The zero-order valence-electron chi connectivity index (χ0n) is 11.6. The average molecular weight is 285 g/mol. The molecule has 1 atom stereocenters. The Labute approximate surface area is 119 Å². The van der Waals surface area contributed by atoms with Crippen molar-refractivity contribution < 1.29 is 4.92 Å². The normalized spacial score (nSPS) is 12.5. The van der Waals surface area contributed by atoms with Crippen LogP contribution in [0.5, 0.6) is 0 Å². The lowest BCUT2D eigenvalue weighted by Crippen LogP contribution is -2.16. The molecule has 1 rings (SSSR count). The second kappa shape index (κ2) is 7.34. The minimum atomic E-state index is -0.439. The van der Waals surface area contributed by atoms with Crippen molar-refractivity contribution in [3.63, 3.8) is 0 Å². The van der Waals surface area contributed by atoms with Gasteiger partial charge in [-0.25, -0.2) is 0 Å². The fraction of sp³-hybridized carbons (Fsp3) is 0.571. The summed E-state index contributed by atoms with van der Waals surface area (Å²) in [6, 6.07) is 5.14. The predicted octanol–water partition coefficient (Wildman–Crippen LogP) is 4.87. The maximum atomic E-state index is 11.0. The number of hydrogen-bond acceptors (Lipinski definition) is 3. The van der Waals surface area contributed by atoms with Gasteiger partial charge in [0, 0.05) is 6.04 Å². The molecule has 0 aliphatic rings. The van der Waals surface area contributed by atoms with Crippen molar-refractivity contribution in [1.82, 2.24) is 0 Å². The van der Waals surface area contributed by atoms with E-state index in [2.05, 4.69) is 19.2 Å². The summed E-state index contributed by atoms with van der Waals surface area (Å²) >= 11 is 5.87. The van der Waals surface area contributed by atoms with Gasteiger partial charge >= 0.3 is 5.69 Å². The third kappa shape index (κ3) is 5.07. The highest BCUT2D eigenvalue weighted by molar-refractivity contribution is 6.33. The first-order chi connectivity index (χ1) is 8.91. The molecule has 0 amide bonds. The minimum Gasteiger partial charge on any atom is -0.377 e. The fourth-order valence-corrected chi connectivity index (χ4v) is 2.23. The van der Waals surface area contributed by atoms with Crippen molar-refractivity contribution in [3.8, 4) is 0 Å². The molecule has 0 spiro atoms. The number of para-hydroxylation sites is 1. The van der Waals surface area contributed by atoms with Crippen LogP contribution in [0.1, 0.15) is 40.0 Å². The number of nitro benzene ring substituents is 1. The predicted molar refractivity (Wildman–Crippen MR) is 79.9 cm³/mol. The first-order valence-corrected chi connectivity index (χ1v) is 6.99. The third-order valence-corrected chi connectivity index (χ3v) is 3.29. The molecule has 1 aromatic carbocycles. The maximum absolute atomic E-state index is 11.0. The second-order valence-electron chi connectivity index (χ2n) is 5.26. The van der Waals surface area contributed by atoms with Crippen LogP contribution in [-0.2, 0) is 0 Å². The van der Waals surface area contributed by atoms with Crippen molar-refractivity contribution in [2.75, 3.05) is 5.32 Å². The van der Waals surface area contributed by atoms with Crippen molar-refractivity contribution >= 4 is 23.0 Å². The number of anilines is 1. The van der Waals surface area contributed by atoms with E-state index < -0.39 is 4.92 Å². The molecule has 0 heterocycles. The highest BCUT2D eigenvalue weighted by Crippen LogP contribution is 2.32. The van der Waals surface area contributed by atoms with Gasteiger partial charge in [0.25, 0.3) is 0 Å². The Bertz CT molecular complexity index is 435. The van der Waals surface area contributed by atoms with Gasteiger partial charge in [-0.1, -0.05) is 44.4 Å². The number of nitro groups is 1. The van der Waals surface area contributed by atoms with E-state index in [1.54, 1.807) is 12.1 Å². The number of hydrogen-bond donors (Lipinski definition) is 1. The molecule has 0 bridgehead atoms. The molecule has 0 aliphatic heterocycles. The van der Waals surface area contributed by atoms with Gasteiger partial charge in [-0.05, 0) is 31.4 Å². The summed E-state index contributed by atoms with van der Waals surface area (Å²) in [6.07, 6.45) is 3.27. The van der Waals surface area contributed by atoms with Gasteiger partial charge in [0.05, 0.1) is 4.92 Å². The lowest BCUT2D eigenvalue weighted by atomic mass is 10.0. The largest absolute Gasteiger partial charge is 0.377 e. The topological polar surface area (TPSA) is 55.2 Å². The summed E-state index contributed by atoms with van der Waals surface area (Å²) < 4.78 is 0. The van der Waals surface area contributed by atoms with E-state index >= 15 is 0 Å². The Balaban J connectivity index is 2.66. The molecule has 1 unspecified atom stereocenters. The molecule has 19 heavy (non-hydrogen) atoms. The van der Waals surface area contributed by atoms with Crippen LogP contribution in [0.3, 0.4) is 0 Å². The van der Waals surface area contributed by atoms with Gasteiger partial charge in [0.1, 0.15) is 10.7 Å². The number of halogens is 1. The van der Waals surface area contributed by atoms with Crippen LogP contribution in [0.25, 0.3) is 0 Å². The Morgan fingerprint density at radius 2 is 2.00 bits per heavy atom. The minimum absolute atomic E-state index is 0.0418. The van der Waals surface area contributed by atoms with Gasteiger partial charge in [0.2, 0.25) is 0 Å². The van der Waals surface area contributed by atoms with Crippen LogP contribution in [0.2, 0.25) is 5.02 Å². The third-order valence-electron chi connectivity index (χ3n) is 2.99. The molecule has 4 nitrogen and oxygen atoms in total. The van der Waals surface area contributed by atoms with E-state index in [0.717, 1.165) is 12.8 Å². The molecule has 0 saturated carbocycles. The van der Waals surface area contributed by atoms with Gasteiger partial charge < -0.3 is 5.32 Å². The number of benzene rings is 1. The van der Waals surface area contributed by atoms with E-state index in [0.29, 0.717) is 11.6 Å². The number of nitrogens with zero attached hydrogens (tertiary/aromatic N) is 1. The van der Waals surface area contributed by atoms with Crippen LogP contribution in [0.4, 0.5) is 11.4 Å². The zero-order valence-corrected chi connectivity index (χ0v) is 12.4. The summed E-state index contributed by atoms with van der Waals surface area (Å²) in [7, 11) is 0. The summed E-state index contributed by atoms with van der Waals surface area (Å²) in [5.41, 5.74) is 0.453. The molecular formula is C14H21ClN2O2. The lowest BCUT2D eigenvalue weighted by molar-refractivity contribution is -0.383. The molecule has 0 aromatic heterocycles. The summed E-state index contributed by atoms with van der Waals surface area (Å²) in [6.45, 7) is 6.42. The van der Waals surface area contributed by atoms with E-state index in [9.17, 15) is 10.1 Å². The SMILES string of the molecule is CC(C)CCCC(C)Nc1cccc(Cl)c1[N+](=O)[O-]. The molecular weight excluding hydrogens is 264 g/mol. The van der Waals surface area contributed by atoms with Gasteiger partial charge in [-0.3, -0.25) is 10.1 Å². The first-order valence-electron chi connectivity index (χ1n) is 6.61. The molecule has 106 valence electrons. The van der Waals surface area contributed by atoms with Crippen molar-refractivity contribution in [3.05, 3.63) is 33.3 Å². The Hall–Kier alpha value is -1.29. The fourth-order valence-electron chi connectivity index (χ4n) is 1.99. The number of rotatable bonds is 7. The zero-order chi connectivity index (χ0) is 14.4. The van der Waals surface area contributed by atoms with Gasteiger partial charge in [-0.15, -0.1) is 0 Å².